The van der Waals surface area contributed by atoms with Gasteiger partial charge in [-0.1, -0.05) is 32.0 Å². The van der Waals surface area contributed by atoms with Crippen LogP contribution in [0.25, 0.3) is 0 Å². The van der Waals surface area contributed by atoms with Crippen LogP contribution in [0.1, 0.15) is 46.4 Å². The van der Waals surface area contributed by atoms with E-state index < -0.39 is 0 Å². The van der Waals surface area contributed by atoms with Gasteiger partial charge in [0.05, 0.1) is 9.16 Å². The molecule has 1 aromatic carbocycles. The van der Waals surface area contributed by atoms with E-state index in [9.17, 15) is 0 Å². The van der Waals surface area contributed by atoms with Crippen molar-refractivity contribution in [1.82, 2.24) is 0 Å². The molecule has 0 aliphatic carbocycles. The number of hydrogen-bond donors (Lipinski definition) is 0. The molecule has 0 aliphatic heterocycles. The van der Waals surface area contributed by atoms with E-state index in [1.807, 2.05) is 0 Å². The molecule has 0 fully saturated rings. The molecule has 1 atom stereocenters. The minimum absolute atomic E-state index is 0.0498. The van der Waals surface area contributed by atoms with E-state index in [0.29, 0.717) is 0 Å². The molecule has 0 amide bonds. The molecule has 2 rings (SSSR count). The Morgan fingerprint density at radius 2 is 1.84 bits per heavy atom. The molecule has 1 unspecified atom stereocenters. The number of hydrogen-bond acceptors (Lipinski definition) is 1. The highest BCUT2D eigenvalue weighted by molar-refractivity contribution is 9.11. The topological polar surface area (TPSA) is 0 Å². The third-order valence-electron chi connectivity index (χ3n) is 3.41. The molecule has 0 nitrogen and oxygen atoms in total. The average Bonchev–Trinajstić information content (AvgIpc) is 2.77. The summed E-state index contributed by atoms with van der Waals surface area (Å²) in [6, 6.07) is 8.82. The van der Waals surface area contributed by atoms with E-state index in [2.05, 4.69) is 61.0 Å². The predicted octanol–water partition coefficient (Wildman–Crippen LogP) is 6.27. The van der Waals surface area contributed by atoms with Crippen molar-refractivity contribution >= 4 is 38.9 Å². The Morgan fingerprint density at radius 3 is 2.37 bits per heavy atom. The smallest absolute Gasteiger partial charge is 0.0928 e. The molecule has 102 valence electrons. The van der Waals surface area contributed by atoms with E-state index in [1.54, 1.807) is 11.3 Å². The van der Waals surface area contributed by atoms with Crippen LogP contribution in [0.3, 0.4) is 0 Å². The van der Waals surface area contributed by atoms with Gasteiger partial charge in [-0.25, -0.2) is 0 Å². The van der Waals surface area contributed by atoms with Crippen LogP contribution in [0.4, 0.5) is 0 Å². The fraction of sp³-hybridized carbons (Fsp3) is 0.375. The second kappa shape index (κ2) is 6.43. The highest BCUT2D eigenvalue weighted by Gasteiger charge is 2.15. The maximum Gasteiger partial charge on any atom is 0.0928 e. The molecule has 1 aromatic heterocycles. The van der Waals surface area contributed by atoms with Crippen LogP contribution >= 0.6 is 38.9 Å². The quantitative estimate of drug-likeness (QED) is 0.565. The number of alkyl halides is 1. The van der Waals surface area contributed by atoms with Crippen LogP contribution < -0.4 is 0 Å². The number of halogens is 2. The maximum absolute atomic E-state index is 6.63. The standard InChI is InChI=1S/C16H18BrClS/c1-4-11-6-7-13(9-12(11)5-2)15(18)14-8-10(3)16(17)19-14/h6-9,15H,4-5H2,1-3H3. The van der Waals surface area contributed by atoms with Crippen molar-refractivity contribution in [2.75, 3.05) is 0 Å². The van der Waals surface area contributed by atoms with Crippen molar-refractivity contribution in [3.63, 3.8) is 0 Å². The van der Waals surface area contributed by atoms with Gasteiger partial charge in [0.15, 0.2) is 0 Å². The summed E-state index contributed by atoms with van der Waals surface area (Å²) in [6.45, 7) is 6.50. The molecular weight excluding hydrogens is 340 g/mol. The minimum atomic E-state index is -0.0498. The molecule has 0 aliphatic rings. The van der Waals surface area contributed by atoms with Crippen LogP contribution in [-0.4, -0.2) is 0 Å². The SMILES string of the molecule is CCc1ccc(C(Cl)c2cc(C)c(Br)s2)cc1CC. The van der Waals surface area contributed by atoms with Crippen molar-refractivity contribution in [1.29, 1.82) is 0 Å². The second-order valence-corrected chi connectivity index (χ2v) is 7.54. The first-order valence-electron chi connectivity index (χ1n) is 6.58. The third-order valence-corrected chi connectivity index (χ3v) is 6.23. The zero-order chi connectivity index (χ0) is 14.0. The molecule has 0 spiro atoms. The molecule has 0 saturated heterocycles. The van der Waals surface area contributed by atoms with Gasteiger partial charge in [0, 0.05) is 4.88 Å². The second-order valence-electron chi connectivity index (χ2n) is 4.70. The van der Waals surface area contributed by atoms with Crippen LogP contribution in [-0.2, 0) is 12.8 Å². The van der Waals surface area contributed by atoms with Crippen molar-refractivity contribution in [2.24, 2.45) is 0 Å². The Kier molecular flexibility index (Phi) is 5.10. The van der Waals surface area contributed by atoms with Crippen molar-refractivity contribution in [3.05, 3.63) is 55.2 Å². The molecule has 0 radical (unpaired) electrons. The van der Waals surface area contributed by atoms with Gasteiger partial charge in [-0.15, -0.1) is 22.9 Å². The first-order chi connectivity index (χ1) is 9.06. The Labute approximate surface area is 132 Å². The summed E-state index contributed by atoms with van der Waals surface area (Å²) < 4.78 is 1.18. The highest BCUT2D eigenvalue weighted by atomic mass is 79.9. The van der Waals surface area contributed by atoms with Gasteiger partial charge in [0.2, 0.25) is 0 Å². The zero-order valence-electron chi connectivity index (χ0n) is 11.5. The van der Waals surface area contributed by atoms with E-state index in [1.165, 1.54) is 30.9 Å². The van der Waals surface area contributed by atoms with Gasteiger partial charge in [0.1, 0.15) is 0 Å². The molecule has 0 N–H and O–H groups in total. The van der Waals surface area contributed by atoms with Crippen LogP contribution in [0.2, 0.25) is 0 Å². The number of thiophene rings is 1. The van der Waals surface area contributed by atoms with E-state index >= 15 is 0 Å². The fourth-order valence-corrected chi connectivity index (χ4v) is 4.16. The van der Waals surface area contributed by atoms with Crippen molar-refractivity contribution in [3.8, 4) is 0 Å². The summed E-state index contributed by atoms with van der Waals surface area (Å²) in [6.07, 6.45) is 2.15. The lowest BCUT2D eigenvalue weighted by atomic mass is 9.98. The number of aryl methyl sites for hydroxylation is 3. The van der Waals surface area contributed by atoms with Crippen LogP contribution in [0.15, 0.2) is 28.1 Å². The fourth-order valence-electron chi connectivity index (χ4n) is 2.25. The Bertz CT molecular complexity index is 555. The lowest BCUT2D eigenvalue weighted by Gasteiger charge is -2.12. The van der Waals surface area contributed by atoms with Crippen molar-refractivity contribution in [2.45, 2.75) is 39.0 Å². The monoisotopic (exact) mass is 356 g/mol. The largest absolute Gasteiger partial charge is 0.131 e. The zero-order valence-corrected chi connectivity index (χ0v) is 14.6. The maximum atomic E-state index is 6.63. The van der Waals surface area contributed by atoms with Gasteiger partial charge in [-0.05, 0) is 64.0 Å². The normalized spacial score (nSPS) is 12.7. The lowest BCUT2D eigenvalue weighted by molar-refractivity contribution is 1.02. The van der Waals surface area contributed by atoms with Gasteiger partial charge >= 0.3 is 0 Å². The summed E-state index contributed by atoms with van der Waals surface area (Å²) >= 11 is 11.9. The minimum Gasteiger partial charge on any atom is -0.131 e. The Hall–Kier alpha value is -0.310. The van der Waals surface area contributed by atoms with Gasteiger partial charge in [-0.3, -0.25) is 0 Å². The van der Waals surface area contributed by atoms with E-state index in [-0.39, 0.29) is 5.38 Å². The molecule has 19 heavy (non-hydrogen) atoms. The molecule has 2 aromatic rings. The Morgan fingerprint density at radius 1 is 1.16 bits per heavy atom. The molecule has 3 heteroatoms. The first-order valence-corrected chi connectivity index (χ1v) is 8.63. The van der Waals surface area contributed by atoms with Crippen LogP contribution in [0.5, 0.6) is 0 Å². The predicted molar refractivity (Wildman–Crippen MR) is 89.7 cm³/mol. The van der Waals surface area contributed by atoms with Gasteiger partial charge in [-0.2, -0.15) is 0 Å². The average molecular weight is 358 g/mol. The Balaban J connectivity index is 2.35. The van der Waals surface area contributed by atoms with Crippen molar-refractivity contribution < 1.29 is 0 Å². The molecule has 0 bridgehead atoms. The summed E-state index contributed by atoms with van der Waals surface area (Å²) in [5, 5.41) is -0.0498. The summed E-state index contributed by atoms with van der Waals surface area (Å²) in [5.74, 6) is 0. The molecular formula is C16H18BrClS. The molecule has 0 saturated carbocycles. The van der Waals surface area contributed by atoms with Gasteiger partial charge < -0.3 is 0 Å². The van der Waals surface area contributed by atoms with E-state index in [4.69, 9.17) is 11.6 Å². The first kappa shape index (κ1) is 15.1. The van der Waals surface area contributed by atoms with Gasteiger partial charge in [0.25, 0.3) is 0 Å². The number of benzene rings is 1. The van der Waals surface area contributed by atoms with E-state index in [0.717, 1.165) is 12.8 Å². The summed E-state index contributed by atoms with van der Waals surface area (Å²) in [7, 11) is 0. The molecule has 1 heterocycles. The lowest BCUT2D eigenvalue weighted by Crippen LogP contribution is -1.96. The summed E-state index contributed by atoms with van der Waals surface area (Å²) in [5.41, 5.74) is 5.30. The number of rotatable bonds is 4. The van der Waals surface area contributed by atoms with Crippen LogP contribution in [0, 0.1) is 6.92 Å². The third kappa shape index (κ3) is 3.24. The summed E-state index contributed by atoms with van der Waals surface area (Å²) in [4.78, 5) is 1.21. The highest BCUT2D eigenvalue weighted by Crippen LogP contribution is 2.38.